The van der Waals surface area contributed by atoms with E-state index < -0.39 is 0 Å². The van der Waals surface area contributed by atoms with Gasteiger partial charge in [0, 0.05) is 17.0 Å². The van der Waals surface area contributed by atoms with Crippen LogP contribution in [0.2, 0.25) is 5.02 Å². The van der Waals surface area contributed by atoms with E-state index in [0.717, 1.165) is 17.1 Å². The van der Waals surface area contributed by atoms with Crippen LogP contribution < -0.4 is 4.74 Å². The molecule has 1 aromatic carbocycles. The number of rotatable bonds is 6. The number of aliphatic hydroxyl groups excluding tert-OH is 1. The van der Waals surface area contributed by atoms with E-state index in [1.54, 1.807) is 6.07 Å². The van der Waals surface area contributed by atoms with E-state index in [1.807, 2.05) is 24.3 Å². The largest absolute Gasteiger partial charge is 0.493 e. The first kappa shape index (κ1) is 14.9. The fourth-order valence-electron chi connectivity index (χ4n) is 1.87. The van der Waals surface area contributed by atoms with Gasteiger partial charge in [0.25, 0.3) is 0 Å². The number of ether oxygens (including phenoxy) is 1. The summed E-state index contributed by atoms with van der Waals surface area (Å²) in [7, 11) is 0. The minimum absolute atomic E-state index is 0.0910. The molecule has 1 heterocycles. The fourth-order valence-corrected chi connectivity index (χ4v) is 2.07. The molecule has 1 aromatic heterocycles. The molecule has 0 fully saturated rings. The molecule has 0 amide bonds. The fraction of sp³-hybridized carbons (Fsp3) is 0.375. The molecule has 108 valence electrons. The van der Waals surface area contributed by atoms with Crippen LogP contribution >= 0.6 is 11.6 Å². The number of hydrogen-bond donors (Lipinski definition) is 1. The molecule has 0 unspecified atom stereocenters. The summed E-state index contributed by atoms with van der Waals surface area (Å²) in [6, 6.07) is 9.23. The Balaban J connectivity index is 2.17. The molecule has 0 saturated heterocycles. The lowest BCUT2D eigenvalue weighted by atomic mass is 10.1. The van der Waals surface area contributed by atoms with E-state index in [-0.39, 0.29) is 6.61 Å². The third-order valence-corrected chi connectivity index (χ3v) is 3.07. The first-order chi connectivity index (χ1) is 9.58. The minimum atomic E-state index is -0.0910. The zero-order valence-corrected chi connectivity index (χ0v) is 12.5. The predicted molar refractivity (Wildman–Crippen MR) is 79.2 cm³/mol. The number of hydrogen-bond acceptors (Lipinski definition) is 3. The van der Waals surface area contributed by atoms with Crippen LogP contribution in [0.1, 0.15) is 30.9 Å². The van der Waals surface area contributed by atoms with Crippen LogP contribution in [-0.2, 0) is 13.0 Å². The van der Waals surface area contributed by atoms with Crippen LogP contribution in [0.25, 0.3) is 0 Å². The average Bonchev–Trinajstić information content (AvgIpc) is 2.85. The molecule has 0 radical (unpaired) electrons. The van der Waals surface area contributed by atoms with E-state index in [2.05, 4.69) is 13.8 Å². The lowest BCUT2D eigenvalue weighted by molar-refractivity contribution is 0.243. The predicted octanol–water partition coefficient (Wildman–Crippen LogP) is 4.05. The van der Waals surface area contributed by atoms with Gasteiger partial charge in [-0.2, -0.15) is 0 Å². The van der Waals surface area contributed by atoms with Crippen molar-refractivity contribution in [3.05, 3.63) is 52.4 Å². The van der Waals surface area contributed by atoms with Crippen molar-refractivity contribution in [1.29, 1.82) is 0 Å². The molecule has 0 atom stereocenters. The lowest BCUT2D eigenvalue weighted by Crippen LogP contribution is -2.06. The minimum Gasteiger partial charge on any atom is -0.493 e. The summed E-state index contributed by atoms with van der Waals surface area (Å²) in [5.41, 5.74) is 0.983. The third-order valence-electron chi connectivity index (χ3n) is 2.83. The van der Waals surface area contributed by atoms with Crippen molar-refractivity contribution in [3.8, 4) is 5.75 Å². The van der Waals surface area contributed by atoms with Crippen LogP contribution in [0.15, 0.2) is 34.7 Å². The summed E-state index contributed by atoms with van der Waals surface area (Å²) in [6.45, 7) is 4.78. The maximum atomic E-state index is 9.02. The first-order valence-electron chi connectivity index (χ1n) is 6.68. The van der Waals surface area contributed by atoms with Gasteiger partial charge in [-0.3, -0.25) is 0 Å². The molecule has 0 aliphatic rings. The van der Waals surface area contributed by atoms with Crippen molar-refractivity contribution in [2.24, 2.45) is 5.92 Å². The zero-order chi connectivity index (χ0) is 14.5. The zero-order valence-electron chi connectivity index (χ0n) is 11.7. The topological polar surface area (TPSA) is 42.6 Å². The van der Waals surface area contributed by atoms with Crippen molar-refractivity contribution >= 4 is 11.6 Å². The summed E-state index contributed by atoms with van der Waals surface area (Å²) in [6.07, 6.45) is 0.591. The van der Waals surface area contributed by atoms with Gasteiger partial charge in [-0.15, -0.1) is 0 Å². The highest BCUT2D eigenvalue weighted by Gasteiger charge is 2.10. The van der Waals surface area contributed by atoms with Gasteiger partial charge < -0.3 is 14.3 Å². The van der Waals surface area contributed by atoms with Crippen LogP contribution in [0.3, 0.4) is 0 Å². The van der Waals surface area contributed by atoms with Gasteiger partial charge in [0.2, 0.25) is 0 Å². The van der Waals surface area contributed by atoms with Crippen molar-refractivity contribution in [2.45, 2.75) is 26.9 Å². The van der Waals surface area contributed by atoms with Crippen LogP contribution in [0.4, 0.5) is 0 Å². The average molecular weight is 295 g/mol. The van der Waals surface area contributed by atoms with Gasteiger partial charge in [0.1, 0.15) is 23.9 Å². The van der Waals surface area contributed by atoms with Crippen LogP contribution in [0.5, 0.6) is 5.75 Å². The SMILES string of the molecule is CC(C)COc1ccc(Cl)cc1Cc1ccc(CO)o1. The van der Waals surface area contributed by atoms with E-state index in [9.17, 15) is 0 Å². The van der Waals surface area contributed by atoms with E-state index in [0.29, 0.717) is 29.7 Å². The van der Waals surface area contributed by atoms with Crippen molar-refractivity contribution in [1.82, 2.24) is 0 Å². The second-order valence-electron chi connectivity index (χ2n) is 5.16. The van der Waals surface area contributed by atoms with Gasteiger partial charge in [-0.05, 0) is 36.2 Å². The lowest BCUT2D eigenvalue weighted by Gasteiger charge is -2.13. The van der Waals surface area contributed by atoms with Gasteiger partial charge in [-0.1, -0.05) is 25.4 Å². The van der Waals surface area contributed by atoms with Gasteiger partial charge in [-0.25, -0.2) is 0 Å². The second-order valence-corrected chi connectivity index (χ2v) is 5.60. The molecule has 4 heteroatoms. The standard InChI is InChI=1S/C16H19ClO3/c1-11(2)10-19-16-6-3-13(17)7-12(16)8-14-4-5-15(9-18)20-14/h3-7,11,18H,8-10H2,1-2H3. The number of aliphatic hydroxyl groups is 1. The molecule has 0 spiro atoms. The summed E-state index contributed by atoms with van der Waals surface area (Å²) in [5, 5.41) is 9.69. The van der Waals surface area contributed by atoms with E-state index in [1.165, 1.54) is 0 Å². The highest BCUT2D eigenvalue weighted by atomic mass is 35.5. The van der Waals surface area contributed by atoms with Crippen molar-refractivity contribution in [3.63, 3.8) is 0 Å². The van der Waals surface area contributed by atoms with E-state index >= 15 is 0 Å². The molecule has 1 N–H and O–H groups in total. The molecule has 0 saturated carbocycles. The Bertz CT molecular complexity index is 561. The van der Waals surface area contributed by atoms with Crippen LogP contribution in [-0.4, -0.2) is 11.7 Å². The Morgan fingerprint density at radius 2 is 1.95 bits per heavy atom. The van der Waals surface area contributed by atoms with Crippen molar-refractivity contribution in [2.75, 3.05) is 6.61 Å². The quantitative estimate of drug-likeness (QED) is 0.874. The number of furan rings is 1. The molecular weight excluding hydrogens is 276 g/mol. The highest BCUT2D eigenvalue weighted by Crippen LogP contribution is 2.26. The Morgan fingerprint density at radius 3 is 2.60 bits per heavy atom. The Morgan fingerprint density at radius 1 is 1.20 bits per heavy atom. The smallest absolute Gasteiger partial charge is 0.129 e. The third kappa shape index (κ3) is 4.02. The maximum Gasteiger partial charge on any atom is 0.129 e. The van der Waals surface area contributed by atoms with Crippen LogP contribution in [0, 0.1) is 5.92 Å². The van der Waals surface area contributed by atoms with E-state index in [4.69, 9.17) is 25.9 Å². The second kappa shape index (κ2) is 6.82. The Labute approximate surface area is 124 Å². The Hall–Kier alpha value is -1.45. The molecule has 2 rings (SSSR count). The summed E-state index contributed by atoms with van der Waals surface area (Å²) >= 11 is 6.05. The summed E-state index contributed by atoms with van der Waals surface area (Å²) in [4.78, 5) is 0. The molecule has 0 bridgehead atoms. The number of benzene rings is 1. The molecule has 0 aliphatic carbocycles. The van der Waals surface area contributed by atoms with Gasteiger partial charge in [0.05, 0.1) is 6.61 Å². The normalized spacial score (nSPS) is 11.1. The molecule has 0 aliphatic heterocycles. The Kier molecular flexibility index (Phi) is 5.10. The van der Waals surface area contributed by atoms with Gasteiger partial charge >= 0.3 is 0 Å². The maximum absolute atomic E-state index is 9.02. The first-order valence-corrected chi connectivity index (χ1v) is 7.06. The molecular formula is C16H19ClO3. The monoisotopic (exact) mass is 294 g/mol. The highest BCUT2D eigenvalue weighted by molar-refractivity contribution is 6.30. The number of halogens is 1. The van der Waals surface area contributed by atoms with Gasteiger partial charge in [0.15, 0.2) is 0 Å². The molecule has 2 aromatic rings. The molecule has 3 nitrogen and oxygen atoms in total. The summed E-state index contributed by atoms with van der Waals surface area (Å²) in [5.74, 6) is 2.63. The molecule has 20 heavy (non-hydrogen) atoms. The van der Waals surface area contributed by atoms with Crippen molar-refractivity contribution < 1.29 is 14.3 Å². The summed E-state index contributed by atoms with van der Waals surface area (Å²) < 4.78 is 11.3.